The van der Waals surface area contributed by atoms with Crippen molar-refractivity contribution in [3.63, 3.8) is 0 Å². The van der Waals surface area contributed by atoms with E-state index in [1.165, 1.54) is 6.08 Å². The number of nitriles is 1. The van der Waals surface area contributed by atoms with Crippen LogP contribution in [0.1, 0.15) is 11.1 Å². The van der Waals surface area contributed by atoms with Gasteiger partial charge < -0.3 is 14.9 Å². The van der Waals surface area contributed by atoms with E-state index in [2.05, 4.69) is 6.07 Å². The maximum Gasteiger partial charge on any atom is 0.328 e. The summed E-state index contributed by atoms with van der Waals surface area (Å²) < 4.78 is 0. The maximum atomic E-state index is 11.7. The zero-order valence-electron chi connectivity index (χ0n) is 11.6. The zero-order valence-corrected chi connectivity index (χ0v) is 11.6. The molecule has 0 spiro atoms. The van der Waals surface area contributed by atoms with Gasteiger partial charge >= 0.3 is 5.97 Å². The Morgan fingerprint density at radius 1 is 1.43 bits per heavy atom. The molecule has 6 heteroatoms. The lowest BCUT2D eigenvalue weighted by molar-refractivity contribution is -0.131. The van der Waals surface area contributed by atoms with Gasteiger partial charge in [0.25, 0.3) is 0 Å². The number of carbonyl (C=O) groups is 2. The summed E-state index contributed by atoms with van der Waals surface area (Å²) in [4.78, 5) is 25.8. The highest BCUT2D eigenvalue weighted by Gasteiger charge is 2.22. The van der Waals surface area contributed by atoms with Crippen molar-refractivity contribution in [1.29, 1.82) is 5.26 Å². The molecule has 0 aromatic heterocycles. The van der Waals surface area contributed by atoms with E-state index in [-0.39, 0.29) is 12.5 Å². The fourth-order valence-electron chi connectivity index (χ4n) is 2.15. The van der Waals surface area contributed by atoms with Crippen LogP contribution in [0.5, 0.6) is 0 Å². The fraction of sp³-hybridized carbons (Fsp3) is 0.267. The lowest BCUT2D eigenvalue weighted by Gasteiger charge is -2.34. The number of carboxylic acids is 1. The van der Waals surface area contributed by atoms with Crippen LogP contribution in [0.4, 0.5) is 5.69 Å². The van der Waals surface area contributed by atoms with Gasteiger partial charge in [-0.2, -0.15) is 5.26 Å². The molecule has 0 aliphatic carbocycles. The summed E-state index contributed by atoms with van der Waals surface area (Å²) in [5, 5.41) is 17.9. The molecule has 1 fully saturated rings. The van der Waals surface area contributed by atoms with E-state index in [9.17, 15) is 14.9 Å². The van der Waals surface area contributed by atoms with E-state index < -0.39 is 5.97 Å². The van der Waals surface area contributed by atoms with Crippen LogP contribution in [0.15, 0.2) is 24.3 Å². The quantitative estimate of drug-likeness (QED) is 0.835. The Labute approximate surface area is 122 Å². The van der Waals surface area contributed by atoms with Crippen LogP contribution in [0.25, 0.3) is 6.08 Å². The number of hydrogen-bond acceptors (Lipinski definition) is 4. The van der Waals surface area contributed by atoms with Gasteiger partial charge in [0.05, 0.1) is 17.8 Å². The first kappa shape index (κ1) is 14.6. The molecule has 1 amide bonds. The first-order valence-corrected chi connectivity index (χ1v) is 6.45. The second kappa shape index (κ2) is 6.09. The molecule has 1 aromatic carbocycles. The van der Waals surface area contributed by atoms with E-state index in [0.717, 1.165) is 6.08 Å². The van der Waals surface area contributed by atoms with Gasteiger partial charge in [0.1, 0.15) is 6.07 Å². The number of anilines is 1. The number of likely N-dealkylation sites (N-methyl/N-ethyl adjacent to an activating group) is 1. The molecular formula is C15H15N3O3. The second-order valence-electron chi connectivity index (χ2n) is 4.80. The molecule has 108 valence electrons. The van der Waals surface area contributed by atoms with E-state index in [1.54, 1.807) is 30.1 Å². The second-order valence-corrected chi connectivity index (χ2v) is 4.80. The van der Waals surface area contributed by atoms with E-state index in [1.807, 2.05) is 4.90 Å². The molecule has 21 heavy (non-hydrogen) atoms. The maximum absolute atomic E-state index is 11.7. The lowest BCUT2D eigenvalue weighted by Crippen LogP contribution is -2.48. The highest BCUT2D eigenvalue weighted by molar-refractivity contribution is 5.86. The van der Waals surface area contributed by atoms with Crippen LogP contribution in [-0.4, -0.2) is 48.6 Å². The molecule has 1 saturated heterocycles. The predicted molar refractivity (Wildman–Crippen MR) is 77.7 cm³/mol. The number of nitrogens with zero attached hydrogens (tertiary/aromatic N) is 3. The SMILES string of the molecule is CN1CCN(c2ccc(/C=C/C(=O)O)cc2C#N)CC1=O. The van der Waals surface area contributed by atoms with Crippen LogP contribution in [0.2, 0.25) is 0 Å². The van der Waals surface area contributed by atoms with Crippen molar-refractivity contribution in [1.82, 2.24) is 4.90 Å². The summed E-state index contributed by atoms with van der Waals surface area (Å²) in [6, 6.07) is 7.20. The number of rotatable bonds is 3. The number of benzene rings is 1. The normalized spacial score (nSPS) is 15.3. The number of carboxylic acid groups (broad SMARTS) is 1. The van der Waals surface area contributed by atoms with E-state index in [0.29, 0.717) is 29.9 Å². The Hall–Kier alpha value is -2.81. The van der Waals surface area contributed by atoms with E-state index in [4.69, 9.17) is 5.11 Å². The summed E-state index contributed by atoms with van der Waals surface area (Å²) in [5.74, 6) is -1.03. The van der Waals surface area contributed by atoms with Gasteiger partial charge in [-0.3, -0.25) is 4.79 Å². The van der Waals surface area contributed by atoms with Gasteiger partial charge in [0, 0.05) is 26.2 Å². The molecule has 0 saturated carbocycles. The third-order valence-electron chi connectivity index (χ3n) is 3.36. The number of hydrogen-bond donors (Lipinski definition) is 1. The molecule has 0 bridgehead atoms. The van der Waals surface area contributed by atoms with Crippen molar-refractivity contribution in [3.05, 3.63) is 35.4 Å². The van der Waals surface area contributed by atoms with Gasteiger partial charge in [-0.25, -0.2) is 4.79 Å². The van der Waals surface area contributed by atoms with Crippen molar-refractivity contribution >= 4 is 23.6 Å². The summed E-state index contributed by atoms with van der Waals surface area (Å²) >= 11 is 0. The minimum absolute atomic E-state index is 0.0139. The number of aliphatic carboxylic acids is 1. The van der Waals surface area contributed by atoms with Gasteiger partial charge in [-0.1, -0.05) is 6.07 Å². The van der Waals surface area contributed by atoms with Gasteiger partial charge in [0.15, 0.2) is 0 Å². The Kier molecular flexibility index (Phi) is 4.24. The average molecular weight is 285 g/mol. The largest absolute Gasteiger partial charge is 0.478 e. The minimum Gasteiger partial charge on any atom is -0.478 e. The van der Waals surface area contributed by atoms with Crippen LogP contribution in [0.3, 0.4) is 0 Å². The Morgan fingerprint density at radius 3 is 2.81 bits per heavy atom. The Balaban J connectivity index is 2.27. The fourth-order valence-corrected chi connectivity index (χ4v) is 2.15. The van der Waals surface area contributed by atoms with Crippen LogP contribution in [0, 0.1) is 11.3 Å². The van der Waals surface area contributed by atoms with Crippen LogP contribution in [-0.2, 0) is 9.59 Å². The number of piperazine rings is 1. The molecule has 0 unspecified atom stereocenters. The first-order valence-electron chi connectivity index (χ1n) is 6.45. The van der Waals surface area contributed by atoms with Crippen molar-refractivity contribution < 1.29 is 14.7 Å². The number of carbonyl (C=O) groups excluding carboxylic acids is 1. The molecule has 1 aliphatic rings. The third kappa shape index (κ3) is 3.39. The molecule has 2 rings (SSSR count). The van der Waals surface area contributed by atoms with Crippen molar-refractivity contribution in [2.24, 2.45) is 0 Å². The van der Waals surface area contributed by atoms with Gasteiger partial charge in [-0.05, 0) is 23.8 Å². The summed E-state index contributed by atoms with van der Waals surface area (Å²) in [7, 11) is 1.75. The smallest absolute Gasteiger partial charge is 0.328 e. The Morgan fingerprint density at radius 2 is 2.19 bits per heavy atom. The molecule has 1 heterocycles. The summed E-state index contributed by atoms with van der Waals surface area (Å²) in [6.45, 7) is 1.53. The average Bonchev–Trinajstić information content (AvgIpc) is 2.47. The summed E-state index contributed by atoms with van der Waals surface area (Å²) in [5.41, 5.74) is 1.77. The molecule has 0 atom stereocenters. The van der Waals surface area contributed by atoms with Crippen molar-refractivity contribution in [2.45, 2.75) is 0 Å². The molecule has 6 nitrogen and oxygen atoms in total. The standard InChI is InChI=1S/C15H15N3O3/c1-17-6-7-18(10-14(17)19)13-4-2-11(3-5-15(20)21)8-12(13)9-16/h2-5,8H,6-7,10H2,1H3,(H,20,21)/b5-3+. The highest BCUT2D eigenvalue weighted by atomic mass is 16.4. The predicted octanol–water partition coefficient (Wildman–Crippen LogP) is 0.934. The summed E-state index contributed by atoms with van der Waals surface area (Å²) in [6.07, 6.45) is 2.46. The molecule has 1 aliphatic heterocycles. The molecule has 1 aromatic rings. The number of amides is 1. The molecular weight excluding hydrogens is 270 g/mol. The van der Waals surface area contributed by atoms with Gasteiger partial charge in [0.2, 0.25) is 5.91 Å². The van der Waals surface area contributed by atoms with E-state index >= 15 is 0 Å². The first-order chi connectivity index (χ1) is 10.0. The van der Waals surface area contributed by atoms with Crippen molar-refractivity contribution in [3.8, 4) is 6.07 Å². The zero-order chi connectivity index (χ0) is 15.4. The van der Waals surface area contributed by atoms with Crippen LogP contribution >= 0.6 is 0 Å². The van der Waals surface area contributed by atoms with Crippen LogP contribution < -0.4 is 4.90 Å². The third-order valence-corrected chi connectivity index (χ3v) is 3.36. The Bertz CT molecular complexity index is 646. The minimum atomic E-state index is -1.04. The topological polar surface area (TPSA) is 84.6 Å². The monoisotopic (exact) mass is 285 g/mol. The van der Waals surface area contributed by atoms with Crippen molar-refractivity contribution in [2.75, 3.05) is 31.6 Å². The molecule has 0 radical (unpaired) electrons. The molecule has 1 N–H and O–H groups in total. The highest BCUT2D eigenvalue weighted by Crippen LogP contribution is 2.23. The van der Waals surface area contributed by atoms with Gasteiger partial charge in [-0.15, -0.1) is 0 Å². The lowest BCUT2D eigenvalue weighted by atomic mass is 10.1.